The van der Waals surface area contributed by atoms with E-state index in [0.29, 0.717) is 23.8 Å². The number of hydrogen-bond donors (Lipinski definition) is 2. The van der Waals surface area contributed by atoms with Gasteiger partial charge in [0.15, 0.2) is 0 Å². The van der Waals surface area contributed by atoms with Crippen LogP contribution in [0.25, 0.3) is 0 Å². The minimum Gasteiger partial charge on any atom is -0.324 e. The standard InChI is InChI=1S/C18H28ClN3O3S/c1-18(2,3)20-13-17(23)21-16-12-14(8-9-15(16)19)26(24,25)22-10-6-4-5-7-11-22/h8-9,12,20H,4-7,10-11,13H2,1-3H3,(H,21,23). The highest BCUT2D eigenvalue weighted by Gasteiger charge is 2.26. The van der Waals surface area contributed by atoms with Gasteiger partial charge in [-0.05, 0) is 51.8 Å². The molecular formula is C18H28ClN3O3S. The van der Waals surface area contributed by atoms with Crippen LogP contribution in [0.1, 0.15) is 46.5 Å². The van der Waals surface area contributed by atoms with Crippen molar-refractivity contribution in [2.75, 3.05) is 25.0 Å². The minimum absolute atomic E-state index is 0.114. The van der Waals surface area contributed by atoms with Crippen molar-refractivity contribution < 1.29 is 13.2 Å². The molecule has 1 saturated heterocycles. The molecule has 1 heterocycles. The Morgan fingerprint density at radius 1 is 1.15 bits per heavy atom. The van der Waals surface area contributed by atoms with Gasteiger partial charge in [-0.25, -0.2) is 8.42 Å². The third kappa shape index (κ3) is 5.94. The van der Waals surface area contributed by atoms with E-state index in [1.165, 1.54) is 22.5 Å². The van der Waals surface area contributed by atoms with Gasteiger partial charge in [-0.15, -0.1) is 0 Å². The monoisotopic (exact) mass is 401 g/mol. The molecule has 26 heavy (non-hydrogen) atoms. The van der Waals surface area contributed by atoms with Crippen molar-refractivity contribution in [2.45, 2.75) is 56.9 Å². The highest BCUT2D eigenvalue weighted by Crippen LogP contribution is 2.28. The second kappa shape index (κ2) is 8.69. The van der Waals surface area contributed by atoms with Crippen LogP contribution >= 0.6 is 11.6 Å². The third-order valence-electron chi connectivity index (χ3n) is 4.19. The van der Waals surface area contributed by atoms with Gasteiger partial charge in [0.1, 0.15) is 0 Å². The number of nitrogens with one attached hydrogen (secondary N) is 2. The summed E-state index contributed by atoms with van der Waals surface area (Å²) in [5.41, 5.74) is 0.113. The molecule has 0 unspecified atom stereocenters. The van der Waals surface area contributed by atoms with Gasteiger partial charge in [0.05, 0.1) is 22.2 Å². The fourth-order valence-electron chi connectivity index (χ4n) is 2.73. The fourth-order valence-corrected chi connectivity index (χ4v) is 4.44. The number of carbonyl (C=O) groups excluding carboxylic acids is 1. The zero-order chi connectivity index (χ0) is 19.4. The first kappa shape index (κ1) is 21.2. The summed E-state index contributed by atoms with van der Waals surface area (Å²) in [5.74, 6) is -0.272. The predicted molar refractivity (Wildman–Crippen MR) is 105 cm³/mol. The van der Waals surface area contributed by atoms with Crippen LogP contribution in [0.5, 0.6) is 0 Å². The van der Waals surface area contributed by atoms with Crippen molar-refractivity contribution in [1.82, 2.24) is 9.62 Å². The van der Waals surface area contributed by atoms with Crippen LogP contribution in [0.15, 0.2) is 23.1 Å². The Labute approximate surface area is 161 Å². The number of nitrogens with zero attached hydrogens (tertiary/aromatic N) is 1. The number of halogens is 1. The molecule has 1 aliphatic heterocycles. The molecule has 1 aliphatic rings. The number of amides is 1. The molecule has 2 N–H and O–H groups in total. The molecule has 0 spiro atoms. The largest absolute Gasteiger partial charge is 0.324 e. The molecule has 0 aromatic heterocycles. The number of sulfonamides is 1. The third-order valence-corrected chi connectivity index (χ3v) is 6.42. The molecule has 6 nitrogen and oxygen atoms in total. The maximum absolute atomic E-state index is 12.9. The van der Waals surface area contributed by atoms with Gasteiger partial charge in [-0.2, -0.15) is 4.31 Å². The van der Waals surface area contributed by atoms with E-state index in [9.17, 15) is 13.2 Å². The van der Waals surface area contributed by atoms with Crippen molar-refractivity contribution >= 4 is 33.2 Å². The first-order chi connectivity index (χ1) is 12.1. The van der Waals surface area contributed by atoms with E-state index < -0.39 is 10.0 Å². The Balaban J connectivity index is 2.16. The van der Waals surface area contributed by atoms with Gasteiger partial charge in [-0.3, -0.25) is 4.79 Å². The van der Waals surface area contributed by atoms with Gasteiger partial charge in [0.25, 0.3) is 0 Å². The predicted octanol–water partition coefficient (Wildman–Crippen LogP) is 3.23. The molecule has 0 bridgehead atoms. The number of hydrogen-bond acceptors (Lipinski definition) is 4. The number of rotatable bonds is 5. The Bertz CT molecular complexity index is 737. The zero-order valence-electron chi connectivity index (χ0n) is 15.6. The van der Waals surface area contributed by atoms with E-state index in [1.54, 1.807) is 0 Å². The molecule has 0 aliphatic carbocycles. The zero-order valence-corrected chi connectivity index (χ0v) is 17.2. The van der Waals surface area contributed by atoms with Crippen LogP contribution < -0.4 is 10.6 Å². The summed E-state index contributed by atoms with van der Waals surface area (Å²) in [6, 6.07) is 4.45. The molecule has 0 atom stereocenters. The van der Waals surface area contributed by atoms with Crippen molar-refractivity contribution in [1.29, 1.82) is 0 Å². The van der Waals surface area contributed by atoms with Crippen LogP contribution in [0.2, 0.25) is 5.02 Å². The average Bonchev–Trinajstić information content (AvgIpc) is 2.84. The molecular weight excluding hydrogens is 374 g/mol. The first-order valence-corrected chi connectivity index (χ1v) is 10.8. The van der Waals surface area contributed by atoms with E-state index in [2.05, 4.69) is 10.6 Å². The van der Waals surface area contributed by atoms with E-state index in [0.717, 1.165) is 25.7 Å². The van der Waals surface area contributed by atoms with Crippen molar-refractivity contribution in [2.24, 2.45) is 0 Å². The number of benzene rings is 1. The lowest BCUT2D eigenvalue weighted by molar-refractivity contribution is -0.115. The van der Waals surface area contributed by atoms with Crippen molar-refractivity contribution in [3.05, 3.63) is 23.2 Å². The summed E-state index contributed by atoms with van der Waals surface area (Å²) >= 11 is 6.15. The van der Waals surface area contributed by atoms with Crippen molar-refractivity contribution in [3.8, 4) is 0 Å². The Hall–Kier alpha value is -1.15. The van der Waals surface area contributed by atoms with Crippen LogP contribution in [0.3, 0.4) is 0 Å². The normalized spacial score (nSPS) is 16.9. The van der Waals surface area contributed by atoms with E-state index in [-0.39, 0.29) is 22.9 Å². The van der Waals surface area contributed by atoms with Crippen LogP contribution in [0, 0.1) is 0 Å². The van der Waals surface area contributed by atoms with E-state index in [4.69, 9.17) is 11.6 Å². The Morgan fingerprint density at radius 2 is 1.77 bits per heavy atom. The van der Waals surface area contributed by atoms with Crippen LogP contribution in [-0.4, -0.2) is 43.8 Å². The highest BCUT2D eigenvalue weighted by atomic mass is 35.5. The summed E-state index contributed by atoms with van der Waals surface area (Å²) in [6.07, 6.45) is 3.84. The molecule has 1 aromatic rings. The number of carbonyl (C=O) groups is 1. The lowest BCUT2D eigenvalue weighted by Crippen LogP contribution is -2.41. The lowest BCUT2D eigenvalue weighted by Gasteiger charge is -2.21. The molecule has 1 aromatic carbocycles. The van der Waals surface area contributed by atoms with Gasteiger partial charge in [0.2, 0.25) is 15.9 Å². The summed E-state index contributed by atoms with van der Waals surface area (Å²) < 4.78 is 27.3. The van der Waals surface area contributed by atoms with E-state index >= 15 is 0 Å². The smallest absolute Gasteiger partial charge is 0.243 e. The Morgan fingerprint density at radius 3 is 2.35 bits per heavy atom. The lowest BCUT2D eigenvalue weighted by atomic mass is 10.1. The summed E-state index contributed by atoms with van der Waals surface area (Å²) in [7, 11) is -3.59. The first-order valence-electron chi connectivity index (χ1n) is 8.94. The van der Waals surface area contributed by atoms with Gasteiger partial charge in [0, 0.05) is 18.6 Å². The summed E-state index contributed by atoms with van der Waals surface area (Å²) in [6.45, 7) is 7.05. The summed E-state index contributed by atoms with van der Waals surface area (Å²) in [5, 5.41) is 6.09. The second-order valence-electron chi connectivity index (χ2n) is 7.61. The molecule has 0 radical (unpaired) electrons. The molecule has 146 valence electrons. The minimum atomic E-state index is -3.59. The SMILES string of the molecule is CC(C)(C)NCC(=O)Nc1cc(S(=O)(=O)N2CCCCCC2)ccc1Cl. The molecule has 8 heteroatoms. The maximum atomic E-state index is 12.9. The van der Waals surface area contributed by atoms with E-state index in [1.807, 2.05) is 20.8 Å². The second-order valence-corrected chi connectivity index (χ2v) is 9.96. The Kier molecular flexibility index (Phi) is 7.07. The number of anilines is 1. The molecule has 2 rings (SSSR count). The van der Waals surface area contributed by atoms with Crippen LogP contribution in [0.4, 0.5) is 5.69 Å². The summed E-state index contributed by atoms with van der Waals surface area (Å²) in [4.78, 5) is 12.3. The van der Waals surface area contributed by atoms with Gasteiger partial charge < -0.3 is 10.6 Å². The fraction of sp³-hybridized carbons (Fsp3) is 0.611. The highest BCUT2D eigenvalue weighted by molar-refractivity contribution is 7.89. The molecule has 0 saturated carbocycles. The average molecular weight is 402 g/mol. The quantitative estimate of drug-likeness (QED) is 0.793. The van der Waals surface area contributed by atoms with Gasteiger partial charge >= 0.3 is 0 Å². The molecule has 1 amide bonds. The topological polar surface area (TPSA) is 78.5 Å². The molecule has 1 fully saturated rings. The van der Waals surface area contributed by atoms with Crippen LogP contribution in [-0.2, 0) is 14.8 Å². The maximum Gasteiger partial charge on any atom is 0.243 e. The van der Waals surface area contributed by atoms with Gasteiger partial charge in [-0.1, -0.05) is 24.4 Å². The van der Waals surface area contributed by atoms with Crippen molar-refractivity contribution in [3.63, 3.8) is 0 Å².